The molecule has 1 heterocycles. The van der Waals surface area contributed by atoms with Crippen LogP contribution in [0.3, 0.4) is 0 Å². The summed E-state index contributed by atoms with van der Waals surface area (Å²) in [5.41, 5.74) is 1.03. The van der Waals surface area contributed by atoms with Crippen LogP contribution in [0.25, 0.3) is 10.8 Å². The van der Waals surface area contributed by atoms with Gasteiger partial charge >= 0.3 is 6.03 Å². The second-order valence-corrected chi connectivity index (χ2v) is 8.79. The van der Waals surface area contributed by atoms with Gasteiger partial charge in [-0.25, -0.2) is 13.2 Å². The highest BCUT2D eigenvalue weighted by molar-refractivity contribution is 7.91. The molecule has 6 heteroatoms. The van der Waals surface area contributed by atoms with Crippen LogP contribution in [0.15, 0.2) is 42.5 Å². The molecule has 0 saturated carbocycles. The summed E-state index contributed by atoms with van der Waals surface area (Å²) >= 11 is 0. The number of benzene rings is 2. The van der Waals surface area contributed by atoms with Crippen molar-refractivity contribution < 1.29 is 13.2 Å². The number of rotatable bonds is 3. The van der Waals surface area contributed by atoms with E-state index < -0.39 is 15.1 Å². The van der Waals surface area contributed by atoms with Gasteiger partial charge in [-0.3, -0.25) is 0 Å². The largest absolute Gasteiger partial charge is 0.331 e. The normalized spacial score (nSPS) is 19.4. The fourth-order valence-corrected chi connectivity index (χ4v) is 4.08. The molecule has 2 aromatic rings. The van der Waals surface area contributed by atoms with E-state index in [2.05, 4.69) is 17.4 Å². The first-order valence-corrected chi connectivity index (χ1v) is 10.0. The summed E-state index contributed by atoms with van der Waals surface area (Å²) in [5, 5.41) is 4.82. The molecule has 1 N–H and O–H groups in total. The average molecular weight is 346 g/mol. The first-order chi connectivity index (χ1) is 11.3. The molecule has 3 rings (SSSR count). The van der Waals surface area contributed by atoms with Crippen molar-refractivity contribution in [3.63, 3.8) is 0 Å². The molecule has 0 bridgehead atoms. The summed E-state index contributed by atoms with van der Waals surface area (Å²) in [4.78, 5) is 14.0. The van der Waals surface area contributed by atoms with E-state index in [0.717, 1.165) is 16.3 Å². The van der Waals surface area contributed by atoms with Gasteiger partial charge in [-0.05, 0) is 35.7 Å². The molecule has 2 atom stereocenters. The highest BCUT2D eigenvalue weighted by Gasteiger charge is 2.32. The van der Waals surface area contributed by atoms with Gasteiger partial charge in [0.15, 0.2) is 9.84 Å². The van der Waals surface area contributed by atoms with E-state index in [1.54, 1.807) is 4.90 Å². The van der Waals surface area contributed by atoms with E-state index in [1.165, 1.54) is 6.26 Å². The SMILES string of the molecule is C[C@@H](NC(=O)N1CC[C@@H](S(C)(=O)=O)C1)c1ccc2ccccc2c1. The summed E-state index contributed by atoms with van der Waals surface area (Å²) in [6.45, 7) is 2.69. The summed E-state index contributed by atoms with van der Waals surface area (Å²) in [7, 11) is -3.10. The smallest absolute Gasteiger partial charge is 0.317 e. The average Bonchev–Trinajstić information content (AvgIpc) is 3.04. The van der Waals surface area contributed by atoms with Crippen LogP contribution in [0.4, 0.5) is 4.79 Å². The molecule has 128 valence electrons. The Morgan fingerprint density at radius 1 is 1.21 bits per heavy atom. The van der Waals surface area contributed by atoms with Crippen molar-refractivity contribution in [2.45, 2.75) is 24.6 Å². The van der Waals surface area contributed by atoms with Gasteiger partial charge < -0.3 is 10.2 Å². The Morgan fingerprint density at radius 2 is 1.92 bits per heavy atom. The van der Waals surface area contributed by atoms with Crippen LogP contribution >= 0.6 is 0 Å². The Labute approximate surface area is 142 Å². The number of urea groups is 1. The zero-order chi connectivity index (χ0) is 17.3. The van der Waals surface area contributed by atoms with Crippen LogP contribution in [0.2, 0.25) is 0 Å². The highest BCUT2D eigenvalue weighted by Crippen LogP contribution is 2.21. The lowest BCUT2D eigenvalue weighted by Crippen LogP contribution is -2.40. The van der Waals surface area contributed by atoms with Gasteiger partial charge in [0.25, 0.3) is 0 Å². The molecule has 1 fully saturated rings. The molecule has 24 heavy (non-hydrogen) atoms. The summed E-state index contributed by atoms with van der Waals surface area (Å²) < 4.78 is 23.2. The first-order valence-electron chi connectivity index (χ1n) is 8.07. The minimum atomic E-state index is -3.10. The van der Waals surface area contributed by atoms with Gasteiger partial charge in [-0.2, -0.15) is 0 Å². The summed E-state index contributed by atoms with van der Waals surface area (Å²) in [6.07, 6.45) is 1.74. The molecule has 2 amide bonds. The molecule has 0 unspecified atom stereocenters. The first kappa shape index (κ1) is 16.8. The molecular formula is C18H22N2O3S. The van der Waals surface area contributed by atoms with Crippen LogP contribution in [0.5, 0.6) is 0 Å². The number of hydrogen-bond donors (Lipinski definition) is 1. The Balaban J connectivity index is 1.67. The maximum Gasteiger partial charge on any atom is 0.317 e. The fourth-order valence-electron chi connectivity index (χ4n) is 3.10. The van der Waals surface area contributed by atoms with Gasteiger partial charge in [0, 0.05) is 19.3 Å². The number of amides is 2. The van der Waals surface area contributed by atoms with E-state index in [4.69, 9.17) is 0 Å². The van der Waals surface area contributed by atoms with Crippen molar-refractivity contribution in [1.82, 2.24) is 10.2 Å². The van der Waals surface area contributed by atoms with Crippen molar-refractivity contribution in [3.8, 4) is 0 Å². The Bertz CT molecular complexity index is 863. The molecule has 0 spiro atoms. The van der Waals surface area contributed by atoms with Crippen LogP contribution in [-0.2, 0) is 9.84 Å². The zero-order valence-corrected chi connectivity index (χ0v) is 14.7. The quantitative estimate of drug-likeness (QED) is 0.929. The number of likely N-dealkylation sites (tertiary alicyclic amines) is 1. The predicted molar refractivity (Wildman–Crippen MR) is 95.7 cm³/mol. The van der Waals surface area contributed by atoms with Crippen LogP contribution in [0.1, 0.15) is 24.9 Å². The zero-order valence-electron chi connectivity index (χ0n) is 13.9. The van der Waals surface area contributed by atoms with Crippen molar-refractivity contribution in [3.05, 3.63) is 48.0 Å². The number of nitrogens with zero attached hydrogens (tertiary/aromatic N) is 1. The Morgan fingerprint density at radius 3 is 2.58 bits per heavy atom. The van der Waals surface area contributed by atoms with Crippen LogP contribution in [-0.4, -0.2) is 43.9 Å². The monoisotopic (exact) mass is 346 g/mol. The minimum absolute atomic E-state index is 0.139. The third-order valence-electron chi connectivity index (χ3n) is 4.65. The summed E-state index contributed by atoms with van der Waals surface area (Å²) in [6, 6.07) is 13.9. The maximum absolute atomic E-state index is 12.4. The standard InChI is InChI=1S/C18H22N2O3S/c1-13(15-8-7-14-5-3-4-6-16(14)11-15)19-18(21)20-10-9-17(12-20)24(2,22)23/h3-8,11,13,17H,9-10,12H2,1-2H3,(H,19,21)/t13-,17-/m1/s1. The number of hydrogen-bond acceptors (Lipinski definition) is 3. The minimum Gasteiger partial charge on any atom is -0.331 e. The van der Waals surface area contributed by atoms with Crippen molar-refractivity contribution in [2.24, 2.45) is 0 Å². The number of carbonyl (C=O) groups is 1. The van der Waals surface area contributed by atoms with E-state index in [0.29, 0.717) is 13.0 Å². The lowest BCUT2D eigenvalue weighted by molar-refractivity contribution is 0.205. The van der Waals surface area contributed by atoms with E-state index in [1.807, 2.05) is 37.3 Å². The number of fused-ring (bicyclic) bond motifs is 1. The molecule has 1 aliphatic heterocycles. The van der Waals surface area contributed by atoms with Crippen molar-refractivity contribution >= 4 is 26.6 Å². The molecule has 0 aromatic heterocycles. The predicted octanol–water partition coefficient (Wildman–Crippen LogP) is 2.73. The fraction of sp³-hybridized carbons (Fsp3) is 0.389. The summed E-state index contributed by atoms with van der Waals surface area (Å²) in [5.74, 6) is 0. The third kappa shape index (κ3) is 3.53. The van der Waals surface area contributed by atoms with E-state index in [-0.39, 0.29) is 18.6 Å². The van der Waals surface area contributed by atoms with Crippen LogP contribution < -0.4 is 5.32 Å². The second-order valence-electron chi connectivity index (χ2n) is 6.46. The molecule has 0 radical (unpaired) electrons. The molecule has 5 nitrogen and oxygen atoms in total. The number of sulfone groups is 1. The van der Waals surface area contributed by atoms with Crippen molar-refractivity contribution in [1.29, 1.82) is 0 Å². The van der Waals surface area contributed by atoms with Gasteiger partial charge in [0.05, 0.1) is 11.3 Å². The Kier molecular flexibility index (Phi) is 4.49. The van der Waals surface area contributed by atoms with Crippen LogP contribution in [0, 0.1) is 0 Å². The van der Waals surface area contributed by atoms with Gasteiger partial charge in [0.1, 0.15) is 0 Å². The van der Waals surface area contributed by atoms with E-state index >= 15 is 0 Å². The number of carbonyl (C=O) groups excluding carboxylic acids is 1. The second kappa shape index (κ2) is 6.43. The van der Waals surface area contributed by atoms with Gasteiger partial charge in [-0.15, -0.1) is 0 Å². The van der Waals surface area contributed by atoms with Crippen molar-refractivity contribution in [2.75, 3.05) is 19.3 Å². The molecule has 2 aromatic carbocycles. The lowest BCUT2D eigenvalue weighted by atomic mass is 10.0. The number of nitrogens with one attached hydrogen (secondary N) is 1. The van der Waals surface area contributed by atoms with E-state index in [9.17, 15) is 13.2 Å². The maximum atomic E-state index is 12.4. The highest BCUT2D eigenvalue weighted by atomic mass is 32.2. The molecule has 0 aliphatic carbocycles. The Hall–Kier alpha value is -2.08. The lowest BCUT2D eigenvalue weighted by Gasteiger charge is -2.21. The topological polar surface area (TPSA) is 66.5 Å². The molecule has 1 aliphatic rings. The van der Waals surface area contributed by atoms with Gasteiger partial charge in [-0.1, -0.05) is 36.4 Å². The third-order valence-corrected chi connectivity index (χ3v) is 6.25. The van der Waals surface area contributed by atoms with Gasteiger partial charge in [0.2, 0.25) is 0 Å². The molecule has 1 saturated heterocycles. The molecular weight excluding hydrogens is 324 g/mol.